The molecule has 2 saturated carbocycles. The van der Waals surface area contributed by atoms with E-state index >= 15 is 4.39 Å². The first-order valence-corrected chi connectivity index (χ1v) is 23.4. The molecule has 374 valence electrons. The highest BCUT2D eigenvalue weighted by Crippen LogP contribution is 2.56. The van der Waals surface area contributed by atoms with Crippen molar-refractivity contribution in [1.29, 1.82) is 0 Å². The minimum atomic E-state index is -5.26. The molecule has 9 atom stereocenters. The van der Waals surface area contributed by atoms with Gasteiger partial charge < -0.3 is 30.7 Å². The number of rotatable bonds is 10. The Morgan fingerprint density at radius 3 is 2.18 bits per heavy atom. The van der Waals surface area contributed by atoms with Crippen LogP contribution in [0, 0.1) is 23.2 Å². The van der Waals surface area contributed by atoms with E-state index in [0.29, 0.717) is 5.56 Å². The number of benzene rings is 1. The molecule has 1 aromatic rings. The van der Waals surface area contributed by atoms with Gasteiger partial charge in [0, 0.05) is 62.3 Å². The van der Waals surface area contributed by atoms with Crippen LogP contribution >= 0.6 is 23.2 Å². The first kappa shape index (κ1) is 53.8. The number of ketones is 1. The Hall–Kier alpha value is -4.20. The summed E-state index contributed by atoms with van der Waals surface area (Å²) in [5.41, 5.74) is -2.84. The lowest BCUT2D eigenvalue weighted by molar-refractivity contribution is -0.243. The molecule has 3 N–H and O–H groups in total. The van der Waals surface area contributed by atoms with Gasteiger partial charge in [-0.05, 0) is 88.0 Å². The molecule has 13 nitrogen and oxygen atoms in total. The average Bonchev–Trinajstić information content (AvgIpc) is 3.84. The Morgan fingerprint density at radius 2 is 1.55 bits per heavy atom. The highest BCUT2D eigenvalue weighted by Gasteiger charge is 2.65. The summed E-state index contributed by atoms with van der Waals surface area (Å²) in [5, 5.41) is 8.30. The fraction of sp³-hybridized carbons (Fsp3) is 0.711. The van der Waals surface area contributed by atoms with Gasteiger partial charge in [0.25, 0.3) is 0 Å². The number of carbonyl (C=O) groups is 7. The molecule has 2 aliphatic heterocycles. The highest BCUT2D eigenvalue weighted by molar-refractivity contribution is 6.33. The van der Waals surface area contributed by atoms with Gasteiger partial charge in [-0.3, -0.25) is 33.6 Å². The quantitative estimate of drug-likeness (QED) is 0.237. The van der Waals surface area contributed by atoms with Crippen LogP contribution in [0.15, 0.2) is 18.2 Å². The van der Waals surface area contributed by atoms with Crippen molar-refractivity contribution in [3.63, 3.8) is 0 Å². The molecule has 22 heteroatoms. The fourth-order valence-corrected chi connectivity index (χ4v) is 10.3. The molecule has 6 amide bonds. The Kier molecular flexibility index (Phi) is 17.3. The zero-order chi connectivity index (χ0) is 49.9. The Morgan fingerprint density at radius 1 is 0.910 bits per heavy atom. The van der Waals surface area contributed by atoms with E-state index < -0.39 is 158 Å². The largest absolute Gasteiger partial charge is 0.401 e. The maximum absolute atomic E-state index is 15.0. The molecule has 0 aromatic heterocycles. The summed E-state index contributed by atoms with van der Waals surface area (Å²) in [6.07, 6.45) is -15.1. The molecule has 4 aliphatic rings. The normalized spacial score (nSPS) is 29.2. The molecule has 1 aromatic carbocycles. The number of carbonyl (C=O) groups excluding carboxylic acids is 7. The second-order valence-corrected chi connectivity index (χ2v) is 19.8. The van der Waals surface area contributed by atoms with E-state index in [1.807, 2.05) is 0 Å². The van der Waals surface area contributed by atoms with E-state index in [9.17, 15) is 59.9 Å². The molecule has 1 unspecified atom stereocenters. The molecule has 0 bridgehead atoms. The standard InChI is InChI=1S/C45H59Cl2F7N6O7/c1-23(2)16-32-41(66)59(5)35(18-25-17-26(46)9-10-31(25)47)42(67)60-22-28(49)21-34(60)38(63)55-15-7-6-8-33(39(64)57-32)58(4)40(65)24(3)56-37(62)30-20-27(48)19-29(30)36(61)43(45(52,53)54)11-13-44(50,51)14-12-43/h9-10,17,23-24,27-30,32-35H,6-8,11-16,18-22H2,1-5H3,(H,55,63)(H,56,62)(H,57,64)/t24-,27-,28+,29?,30+,32-,33-,34+,35-/m0/s1. The van der Waals surface area contributed by atoms with Crippen LogP contribution in [0.3, 0.4) is 0 Å². The fourth-order valence-electron chi connectivity index (χ4n) is 9.88. The monoisotopic (exact) mass is 998 g/mol. The predicted molar refractivity (Wildman–Crippen MR) is 232 cm³/mol. The first-order valence-electron chi connectivity index (χ1n) is 22.6. The summed E-state index contributed by atoms with van der Waals surface area (Å²) in [6, 6.07) is -2.19. The minimum Gasteiger partial charge on any atom is -0.354 e. The zero-order valence-electron chi connectivity index (χ0n) is 38.0. The van der Waals surface area contributed by atoms with Crippen LogP contribution in [0.1, 0.15) is 97.0 Å². The molecule has 5 rings (SSSR count). The maximum atomic E-state index is 15.0. The van der Waals surface area contributed by atoms with Crippen LogP contribution < -0.4 is 16.0 Å². The lowest BCUT2D eigenvalue weighted by Crippen LogP contribution is -2.60. The topological polar surface area (TPSA) is 165 Å². The van der Waals surface area contributed by atoms with Crippen molar-refractivity contribution >= 4 is 64.4 Å². The SMILES string of the molecule is CC(C)C[C@@H]1NC(=O)[C@@H](N(C)C(=O)[C@H](C)NC(=O)[C@@H]2C[C@@H](F)CC2C(=O)C2(C(F)(F)F)CCC(F)(F)CC2)CCCCNC(=O)[C@H]2C[C@@H](F)CN2C(=O)[C@H](Cc2cc(Cl)ccc2Cl)N(C)C1=O. The number of likely N-dealkylation sites (N-methyl/N-ethyl adjacent to an activating group) is 2. The third-order valence-corrected chi connectivity index (χ3v) is 14.4. The summed E-state index contributed by atoms with van der Waals surface area (Å²) in [7, 11) is 2.57. The number of amides is 6. The van der Waals surface area contributed by atoms with Crippen molar-refractivity contribution in [3.8, 4) is 0 Å². The van der Waals surface area contributed by atoms with Gasteiger partial charge in [-0.25, -0.2) is 17.6 Å². The van der Waals surface area contributed by atoms with Crippen molar-refractivity contribution < 1.29 is 64.3 Å². The number of hydrogen-bond donors (Lipinski definition) is 3. The lowest BCUT2D eigenvalue weighted by atomic mass is 9.65. The number of halogens is 9. The van der Waals surface area contributed by atoms with Gasteiger partial charge in [-0.2, -0.15) is 13.2 Å². The summed E-state index contributed by atoms with van der Waals surface area (Å²) in [5.74, 6) is -13.6. The number of nitrogens with one attached hydrogen (secondary N) is 3. The first-order chi connectivity index (χ1) is 31.2. The summed E-state index contributed by atoms with van der Waals surface area (Å²) in [4.78, 5) is 102. The second kappa shape index (κ2) is 21.6. The van der Waals surface area contributed by atoms with Crippen molar-refractivity contribution in [2.75, 3.05) is 27.2 Å². The number of nitrogens with zero attached hydrogens (tertiary/aromatic N) is 3. The second-order valence-electron chi connectivity index (χ2n) is 19.0. The van der Waals surface area contributed by atoms with E-state index in [-0.39, 0.29) is 61.0 Å². The third kappa shape index (κ3) is 12.3. The zero-order valence-corrected chi connectivity index (χ0v) is 39.5. The van der Waals surface area contributed by atoms with Crippen molar-refractivity contribution in [2.45, 2.75) is 152 Å². The number of fused-ring (bicyclic) bond motifs is 1. The van der Waals surface area contributed by atoms with Gasteiger partial charge in [0.2, 0.25) is 41.4 Å². The molecule has 2 saturated heterocycles. The number of hydrogen-bond acceptors (Lipinski definition) is 7. The lowest BCUT2D eigenvalue weighted by Gasteiger charge is -2.42. The van der Waals surface area contributed by atoms with Gasteiger partial charge in [-0.15, -0.1) is 0 Å². The number of Topliss-reactive ketones (excluding diaryl/α,β-unsaturated/α-hetero) is 1. The highest BCUT2D eigenvalue weighted by atomic mass is 35.5. The van der Waals surface area contributed by atoms with Crippen LogP contribution in [-0.2, 0) is 40.0 Å². The average molecular weight is 1000 g/mol. The van der Waals surface area contributed by atoms with Crippen LogP contribution in [-0.4, -0.2) is 138 Å². The van der Waals surface area contributed by atoms with E-state index in [0.717, 1.165) is 14.7 Å². The van der Waals surface area contributed by atoms with E-state index in [4.69, 9.17) is 23.2 Å². The molecular formula is C45H59Cl2F7N6O7. The summed E-state index contributed by atoms with van der Waals surface area (Å²) in [6.45, 7) is 4.39. The number of alkyl halides is 7. The molecule has 67 heavy (non-hydrogen) atoms. The molecule has 0 spiro atoms. The van der Waals surface area contributed by atoms with Crippen molar-refractivity contribution in [2.24, 2.45) is 23.2 Å². The summed E-state index contributed by atoms with van der Waals surface area (Å²) < 4.78 is 102. The molecule has 2 aliphatic carbocycles. The maximum Gasteiger partial charge on any atom is 0.401 e. The third-order valence-electron chi connectivity index (χ3n) is 13.8. The van der Waals surface area contributed by atoms with E-state index in [2.05, 4.69) is 16.0 Å². The van der Waals surface area contributed by atoms with Crippen LogP contribution in [0.2, 0.25) is 10.0 Å². The Labute approximate surface area is 394 Å². The van der Waals surface area contributed by atoms with Crippen LogP contribution in [0.4, 0.5) is 30.7 Å². The van der Waals surface area contributed by atoms with Crippen LogP contribution in [0.25, 0.3) is 0 Å². The van der Waals surface area contributed by atoms with Crippen molar-refractivity contribution in [3.05, 3.63) is 33.8 Å². The van der Waals surface area contributed by atoms with Crippen LogP contribution in [0.5, 0.6) is 0 Å². The van der Waals surface area contributed by atoms with E-state index in [1.165, 1.54) is 39.2 Å². The molecular weight excluding hydrogens is 940 g/mol. The molecule has 0 radical (unpaired) electrons. The predicted octanol–water partition coefficient (Wildman–Crippen LogP) is 6.16. The van der Waals surface area contributed by atoms with Crippen molar-refractivity contribution in [1.82, 2.24) is 30.7 Å². The minimum absolute atomic E-state index is 0.0254. The van der Waals surface area contributed by atoms with E-state index in [1.54, 1.807) is 13.8 Å². The molecule has 2 heterocycles. The smallest absolute Gasteiger partial charge is 0.354 e. The van der Waals surface area contributed by atoms with Gasteiger partial charge in [0.05, 0.1) is 12.5 Å². The van der Waals surface area contributed by atoms with Gasteiger partial charge >= 0.3 is 6.18 Å². The molecule has 4 fully saturated rings. The van der Waals surface area contributed by atoms with Gasteiger partial charge in [0.15, 0.2) is 5.78 Å². The Bertz CT molecular complexity index is 2040. The van der Waals surface area contributed by atoms with Gasteiger partial charge in [0.1, 0.15) is 48.0 Å². The summed E-state index contributed by atoms with van der Waals surface area (Å²) >= 11 is 12.8. The Balaban J connectivity index is 1.40. The van der Waals surface area contributed by atoms with Gasteiger partial charge in [-0.1, -0.05) is 37.0 Å².